The molecule has 1 unspecified atom stereocenters. The Hall–Kier alpha value is -3.92. The molecule has 1 N–H and O–H groups in total. The summed E-state index contributed by atoms with van der Waals surface area (Å²) in [6.45, 7) is 7.34. The zero-order valence-corrected chi connectivity index (χ0v) is 22.5. The number of halogens is 1. The zero-order valence-electron chi connectivity index (χ0n) is 21.7. The minimum atomic E-state index is -1.80. The smallest absolute Gasteiger partial charge is 0.320 e. The van der Waals surface area contributed by atoms with E-state index in [1.165, 1.54) is 18.4 Å². The van der Waals surface area contributed by atoms with Crippen LogP contribution in [0.5, 0.6) is 0 Å². The number of fused-ring (bicyclic) bond motifs is 3. The lowest BCUT2D eigenvalue weighted by Crippen LogP contribution is -2.43. The number of allylic oxidation sites excluding steroid dienone is 3. The Morgan fingerprint density at radius 1 is 1.18 bits per heavy atom. The van der Waals surface area contributed by atoms with Gasteiger partial charge in [0, 0.05) is 22.4 Å². The standard InChI is InChI=1S/C28H27FN4O4S/c1-14-11-19(18-9-7-6-8-10-18)20(29)13-28(14,27(35)36)24-23-15(2)16(3)38-26(23)33-17(4)31-32-25(33)21(30-24)12-22(34)37-5/h6-11,21H,12-13H2,1-5H3,(H,35,36)/t21-,28?/m0/s1. The van der Waals surface area contributed by atoms with Crippen molar-refractivity contribution in [1.29, 1.82) is 0 Å². The summed E-state index contributed by atoms with van der Waals surface area (Å²) in [6.07, 6.45) is 1.02. The number of aliphatic carboxylic acids is 1. The Labute approximate surface area is 223 Å². The predicted molar refractivity (Wildman–Crippen MR) is 142 cm³/mol. The van der Waals surface area contributed by atoms with Gasteiger partial charge in [-0.1, -0.05) is 36.4 Å². The average molecular weight is 535 g/mol. The van der Waals surface area contributed by atoms with Crippen molar-refractivity contribution >= 4 is 34.6 Å². The maximum atomic E-state index is 15.9. The number of hydrogen-bond acceptors (Lipinski definition) is 7. The van der Waals surface area contributed by atoms with E-state index in [1.54, 1.807) is 32.1 Å². The molecule has 3 aromatic rings. The average Bonchev–Trinajstić information content (AvgIpc) is 3.37. The van der Waals surface area contributed by atoms with E-state index >= 15 is 4.39 Å². The molecule has 0 saturated carbocycles. The van der Waals surface area contributed by atoms with Crippen molar-refractivity contribution in [2.45, 2.75) is 46.6 Å². The van der Waals surface area contributed by atoms with Crippen molar-refractivity contribution in [1.82, 2.24) is 14.8 Å². The number of esters is 1. The Balaban J connectivity index is 1.79. The van der Waals surface area contributed by atoms with E-state index in [9.17, 15) is 14.7 Å². The van der Waals surface area contributed by atoms with Crippen LogP contribution in [-0.4, -0.2) is 44.6 Å². The van der Waals surface area contributed by atoms with E-state index in [2.05, 4.69) is 10.2 Å². The first-order chi connectivity index (χ1) is 18.1. The molecular weight excluding hydrogens is 507 g/mol. The summed E-state index contributed by atoms with van der Waals surface area (Å²) in [4.78, 5) is 31.5. The molecule has 1 aliphatic heterocycles. The number of methoxy groups -OCH3 is 1. The van der Waals surface area contributed by atoms with E-state index in [4.69, 9.17) is 9.73 Å². The number of rotatable bonds is 5. The Morgan fingerprint density at radius 2 is 1.89 bits per heavy atom. The van der Waals surface area contributed by atoms with Crippen molar-refractivity contribution < 1.29 is 23.8 Å². The van der Waals surface area contributed by atoms with Crippen LogP contribution in [0.25, 0.3) is 10.6 Å². The highest BCUT2D eigenvalue weighted by molar-refractivity contribution is 7.15. The third-order valence-electron chi connectivity index (χ3n) is 7.43. The van der Waals surface area contributed by atoms with E-state index in [1.807, 2.05) is 36.6 Å². The van der Waals surface area contributed by atoms with Crippen LogP contribution in [0.3, 0.4) is 0 Å². The van der Waals surface area contributed by atoms with E-state index in [-0.39, 0.29) is 12.1 Å². The number of carboxylic acids is 1. The predicted octanol–water partition coefficient (Wildman–Crippen LogP) is 5.46. The number of aromatic nitrogens is 3. The second kappa shape index (κ2) is 9.43. The number of aryl methyl sites for hydroxylation is 2. The SMILES string of the molecule is COC(=O)C[C@@H]1N=C(C2(C(=O)O)CC(F)=C(c3ccccc3)C=C2C)c2c(sc(C)c2C)-n2c(C)nnc21. The van der Waals surface area contributed by atoms with Crippen LogP contribution in [0.2, 0.25) is 0 Å². The van der Waals surface area contributed by atoms with Crippen LogP contribution in [0.15, 0.2) is 52.8 Å². The normalized spacial score (nSPS) is 20.7. The number of thiophene rings is 1. The summed E-state index contributed by atoms with van der Waals surface area (Å²) < 4.78 is 22.7. The molecule has 3 heterocycles. The summed E-state index contributed by atoms with van der Waals surface area (Å²) in [5.74, 6) is -1.30. The van der Waals surface area contributed by atoms with Crippen LogP contribution in [0.1, 0.15) is 59.0 Å². The van der Waals surface area contributed by atoms with Gasteiger partial charge in [0.2, 0.25) is 0 Å². The van der Waals surface area contributed by atoms with Gasteiger partial charge in [0.25, 0.3) is 0 Å². The third kappa shape index (κ3) is 3.82. The van der Waals surface area contributed by atoms with Crippen molar-refractivity contribution in [2.75, 3.05) is 7.11 Å². The number of carbonyl (C=O) groups is 2. The van der Waals surface area contributed by atoms with Gasteiger partial charge in [0.15, 0.2) is 5.82 Å². The second-order valence-electron chi connectivity index (χ2n) is 9.58. The van der Waals surface area contributed by atoms with Gasteiger partial charge in [0.05, 0.1) is 19.2 Å². The molecule has 0 fully saturated rings. The highest BCUT2D eigenvalue weighted by atomic mass is 32.1. The largest absolute Gasteiger partial charge is 0.480 e. The minimum absolute atomic E-state index is 0.169. The van der Waals surface area contributed by atoms with Crippen LogP contribution >= 0.6 is 11.3 Å². The molecule has 0 bridgehead atoms. The second-order valence-corrected chi connectivity index (χ2v) is 10.8. The van der Waals surface area contributed by atoms with Gasteiger partial charge in [-0.3, -0.25) is 19.1 Å². The van der Waals surface area contributed by atoms with E-state index in [0.29, 0.717) is 38.9 Å². The lowest BCUT2D eigenvalue weighted by Gasteiger charge is -2.35. The van der Waals surface area contributed by atoms with Gasteiger partial charge in [-0.05, 0) is 44.4 Å². The van der Waals surface area contributed by atoms with Crippen molar-refractivity contribution in [3.8, 4) is 5.00 Å². The van der Waals surface area contributed by atoms with Crippen LogP contribution < -0.4 is 0 Å². The number of benzene rings is 1. The van der Waals surface area contributed by atoms with Crippen molar-refractivity contribution in [3.05, 3.63) is 81.0 Å². The third-order valence-corrected chi connectivity index (χ3v) is 8.62. The molecule has 0 amide bonds. The monoisotopic (exact) mass is 534 g/mol. The van der Waals surface area contributed by atoms with E-state index < -0.39 is 35.6 Å². The van der Waals surface area contributed by atoms with Gasteiger partial charge < -0.3 is 9.84 Å². The van der Waals surface area contributed by atoms with Gasteiger partial charge in [-0.15, -0.1) is 21.5 Å². The minimum Gasteiger partial charge on any atom is -0.480 e. The Bertz CT molecular complexity index is 1570. The van der Waals surface area contributed by atoms with Gasteiger partial charge in [0.1, 0.15) is 28.1 Å². The number of carbonyl (C=O) groups excluding carboxylic acids is 1. The Kier molecular flexibility index (Phi) is 6.38. The molecule has 2 atom stereocenters. The number of aliphatic imine (C=N–C) groups is 1. The van der Waals surface area contributed by atoms with Crippen LogP contribution in [-0.2, 0) is 14.3 Å². The number of carboxylic acid groups (broad SMARTS) is 1. The summed E-state index contributed by atoms with van der Waals surface area (Å²) in [7, 11) is 1.28. The Morgan fingerprint density at radius 3 is 2.55 bits per heavy atom. The van der Waals surface area contributed by atoms with Crippen molar-refractivity contribution in [3.63, 3.8) is 0 Å². The molecule has 1 aliphatic carbocycles. The highest BCUT2D eigenvalue weighted by Crippen LogP contribution is 2.50. The van der Waals surface area contributed by atoms with Gasteiger partial charge in [-0.2, -0.15) is 0 Å². The number of nitrogens with zero attached hydrogens (tertiary/aromatic N) is 4. The maximum Gasteiger partial charge on any atom is 0.320 e. The molecule has 2 aliphatic rings. The summed E-state index contributed by atoms with van der Waals surface area (Å²) in [5, 5.41) is 20.0. The highest BCUT2D eigenvalue weighted by Gasteiger charge is 2.52. The molecule has 196 valence electrons. The lowest BCUT2D eigenvalue weighted by molar-refractivity contribution is -0.143. The molecule has 8 nitrogen and oxygen atoms in total. The fourth-order valence-electron chi connectivity index (χ4n) is 5.23. The summed E-state index contributed by atoms with van der Waals surface area (Å²) >= 11 is 1.46. The molecule has 0 saturated heterocycles. The number of hydrogen-bond donors (Lipinski definition) is 1. The lowest BCUT2D eigenvalue weighted by atomic mass is 9.67. The molecule has 0 radical (unpaired) electrons. The van der Waals surface area contributed by atoms with Gasteiger partial charge >= 0.3 is 11.9 Å². The zero-order chi connectivity index (χ0) is 27.4. The molecule has 10 heteroatoms. The van der Waals surface area contributed by atoms with Gasteiger partial charge in [-0.25, -0.2) is 4.39 Å². The topological polar surface area (TPSA) is 107 Å². The molecule has 2 aromatic heterocycles. The maximum absolute atomic E-state index is 15.9. The number of ether oxygens (including phenoxy) is 1. The molecule has 1 aromatic carbocycles. The van der Waals surface area contributed by atoms with E-state index in [0.717, 1.165) is 10.4 Å². The fraction of sp³-hybridized carbons (Fsp3) is 0.321. The molecule has 0 spiro atoms. The first-order valence-corrected chi connectivity index (χ1v) is 13.0. The van der Waals surface area contributed by atoms with Crippen molar-refractivity contribution in [2.24, 2.45) is 10.4 Å². The quantitative estimate of drug-likeness (QED) is 0.436. The first kappa shape index (κ1) is 25.7. The fourth-order valence-corrected chi connectivity index (χ4v) is 6.44. The first-order valence-electron chi connectivity index (χ1n) is 12.1. The summed E-state index contributed by atoms with van der Waals surface area (Å²) in [5.41, 5.74) is 1.32. The van der Waals surface area contributed by atoms with Crippen LogP contribution in [0.4, 0.5) is 4.39 Å². The molecule has 38 heavy (non-hydrogen) atoms. The summed E-state index contributed by atoms with van der Waals surface area (Å²) in [6, 6.07) is 8.18. The molecule has 5 rings (SSSR count). The van der Waals surface area contributed by atoms with Crippen LogP contribution in [0, 0.1) is 26.2 Å². The molecular formula is C28H27FN4O4S.